The predicted octanol–water partition coefficient (Wildman–Crippen LogP) is 3.04. The summed E-state index contributed by atoms with van der Waals surface area (Å²) in [6.07, 6.45) is 0. The Kier molecular flexibility index (Phi) is 4.44. The first-order valence-corrected chi connectivity index (χ1v) is 6.20. The summed E-state index contributed by atoms with van der Waals surface area (Å²) in [4.78, 5) is 0. The molecule has 4 heteroatoms. The summed E-state index contributed by atoms with van der Waals surface area (Å²) in [6.45, 7) is 6.00. The van der Waals surface area contributed by atoms with E-state index in [1.807, 2.05) is 26.8 Å². The first-order valence-electron chi connectivity index (χ1n) is 5.41. The van der Waals surface area contributed by atoms with E-state index in [-0.39, 0.29) is 12.0 Å². The SMILES string of the molecule is COc1c(Br)cc(C)c(C(C)(C)CO)c1OC. The Morgan fingerprint density at radius 2 is 1.76 bits per heavy atom. The zero-order chi connectivity index (χ0) is 13.2. The lowest BCUT2D eigenvalue weighted by atomic mass is 9.82. The van der Waals surface area contributed by atoms with Crippen LogP contribution in [0, 0.1) is 6.92 Å². The van der Waals surface area contributed by atoms with Gasteiger partial charge in [-0.25, -0.2) is 0 Å². The summed E-state index contributed by atoms with van der Waals surface area (Å²) < 4.78 is 11.7. The molecule has 0 aromatic heterocycles. The van der Waals surface area contributed by atoms with Crippen LogP contribution in [0.15, 0.2) is 10.5 Å². The van der Waals surface area contributed by atoms with Gasteiger partial charge < -0.3 is 14.6 Å². The first-order chi connectivity index (χ1) is 7.88. The summed E-state index contributed by atoms with van der Waals surface area (Å²) >= 11 is 3.45. The zero-order valence-electron chi connectivity index (χ0n) is 10.9. The third kappa shape index (κ3) is 2.58. The van der Waals surface area contributed by atoms with Crippen molar-refractivity contribution in [2.75, 3.05) is 20.8 Å². The molecule has 96 valence electrons. The van der Waals surface area contributed by atoms with Gasteiger partial charge in [-0.1, -0.05) is 13.8 Å². The van der Waals surface area contributed by atoms with Crippen molar-refractivity contribution in [1.29, 1.82) is 0 Å². The minimum atomic E-state index is -0.372. The molecule has 0 aliphatic carbocycles. The number of aliphatic hydroxyl groups excluding tert-OH is 1. The highest BCUT2D eigenvalue weighted by atomic mass is 79.9. The molecule has 0 heterocycles. The molecule has 1 aromatic rings. The van der Waals surface area contributed by atoms with Gasteiger partial charge in [0.1, 0.15) is 0 Å². The lowest BCUT2D eigenvalue weighted by Crippen LogP contribution is -2.24. The number of rotatable bonds is 4. The minimum absolute atomic E-state index is 0.0506. The van der Waals surface area contributed by atoms with Gasteiger partial charge >= 0.3 is 0 Å². The number of halogens is 1. The Morgan fingerprint density at radius 3 is 2.18 bits per heavy atom. The van der Waals surface area contributed by atoms with Crippen molar-refractivity contribution in [1.82, 2.24) is 0 Å². The third-order valence-electron chi connectivity index (χ3n) is 2.87. The van der Waals surface area contributed by atoms with Crippen LogP contribution in [0.2, 0.25) is 0 Å². The molecule has 17 heavy (non-hydrogen) atoms. The van der Waals surface area contributed by atoms with Crippen molar-refractivity contribution in [2.24, 2.45) is 0 Å². The summed E-state index contributed by atoms with van der Waals surface area (Å²) in [5, 5.41) is 9.52. The summed E-state index contributed by atoms with van der Waals surface area (Å²) in [5.41, 5.74) is 1.67. The van der Waals surface area contributed by atoms with Crippen LogP contribution in [-0.2, 0) is 5.41 Å². The molecular weight excluding hydrogens is 284 g/mol. The molecule has 0 unspecified atom stereocenters. The van der Waals surface area contributed by atoms with Gasteiger partial charge in [0, 0.05) is 11.0 Å². The predicted molar refractivity (Wildman–Crippen MR) is 72.1 cm³/mol. The molecule has 0 aliphatic rings. The van der Waals surface area contributed by atoms with Gasteiger partial charge in [-0.2, -0.15) is 0 Å². The maximum Gasteiger partial charge on any atom is 0.175 e. The van der Waals surface area contributed by atoms with Gasteiger partial charge in [-0.3, -0.25) is 0 Å². The van der Waals surface area contributed by atoms with E-state index >= 15 is 0 Å². The van der Waals surface area contributed by atoms with Gasteiger partial charge in [-0.15, -0.1) is 0 Å². The van der Waals surface area contributed by atoms with Crippen molar-refractivity contribution in [2.45, 2.75) is 26.2 Å². The summed E-state index contributed by atoms with van der Waals surface area (Å²) in [7, 11) is 3.22. The molecule has 0 bridgehead atoms. The van der Waals surface area contributed by atoms with Crippen molar-refractivity contribution in [3.63, 3.8) is 0 Å². The fourth-order valence-corrected chi connectivity index (χ4v) is 2.72. The van der Waals surface area contributed by atoms with Gasteiger partial charge in [-0.05, 0) is 34.5 Å². The molecule has 0 aliphatic heterocycles. The quantitative estimate of drug-likeness (QED) is 0.929. The molecule has 0 spiro atoms. The highest BCUT2D eigenvalue weighted by molar-refractivity contribution is 9.10. The molecule has 1 aromatic carbocycles. The number of hydrogen-bond acceptors (Lipinski definition) is 3. The van der Waals surface area contributed by atoms with E-state index < -0.39 is 0 Å². The van der Waals surface area contributed by atoms with Crippen LogP contribution in [0.1, 0.15) is 25.0 Å². The third-order valence-corrected chi connectivity index (χ3v) is 3.46. The standard InChI is InChI=1S/C13H19BrO3/c1-8-6-9(14)11(16-4)12(17-5)10(8)13(2,3)7-15/h6,15H,7H2,1-5H3. The molecule has 0 saturated heterocycles. The monoisotopic (exact) mass is 302 g/mol. The number of aryl methyl sites for hydroxylation is 1. The van der Waals surface area contributed by atoms with Crippen LogP contribution in [-0.4, -0.2) is 25.9 Å². The molecule has 0 amide bonds. The largest absolute Gasteiger partial charge is 0.492 e. The maximum atomic E-state index is 9.52. The van der Waals surface area contributed by atoms with E-state index in [0.717, 1.165) is 15.6 Å². The van der Waals surface area contributed by atoms with Crippen LogP contribution in [0.5, 0.6) is 11.5 Å². The Balaban J connectivity index is 3.59. The van der Waals surface area contributed by atoms with E-state index in [1.165, 1.54) is 0 Å². The van der Waals surface area contributed by atoms with Crippen molar-refractivity contribution in [3.05, 3.63) is 21.7 Å². The molecule has 1 rings (SSSR count). The molecule has 0 radical (unpaired) electrons. The smallest absolute Gasteiger partial charge is 0.175 e. The average Bonchev–Trinajstić information content (AvgIpc) is 2.27. The van der Waals surface area contributed by atoms with Crippen LogP contribution in [0.4, 0.5) is 0 Å². The van der Waals surface area contributed by atoms with Crippen molar-refractivity contribution >= 4 is 15.9 Å². The minimum Gasteiger partial charge on any atom is -0.492 e. The number of methoxy groups -OCH3 is 2. The lowest BCUT2D eigenvalue weighted by molar-refractivity contribution is 0.213. The number of benzene rings is 1. The number of ether oxygens (including phenoxy) is 2. The Labute approximate surface area is 111 Å². The maximum absolute atomic E-state index is 9.52. The molecule has 0 atom stereocenters. The zero-order valence-corrected chi connectivity index (χ0v) is 12.5. The van der Waals surface area contributed by atoms with E-state index in [2.05, 4.69) is 15.9 Å². The summed E-state index contributed by atoms with van der Waals surface area (Å²) in [5.74, 6) is 1.34. The van der Waals surface area contributed by atoms with Gasteiger partial charge in [0.2, 0.25) is 0 Å². The Hall–Kier alpha value is -0.740. The van der Waals surface area contributed by atoms with Gasteiger partial charge in [0.15, 0.2) is 11.5 Å². The molecule has 3 nitrogen and oxygen atoms in total. The van der Waals surface area contributed by atoms with Gasteiger partial charge in [0.05, 0.1) is 25.3 Å². The Bertz CT molecular complexity index is 414. The number of aliphatic hydroxyl groups is 1. The fraction of sp³-hybridized carbons (Fsp3) is 0.538. The molecule has 1 N–H and O–H groups in total. The number of hydrogen-bond donors (Lipinski definition) is 1. The lowest BCUT2D eigenvalue weighted by Gasteiger charge is -2.28. The Morgan fingerprint density at radius 1 is 1.24 bits per heavy atom. The average molecular weight is 303 g/mol. The van der Waals surface area contributed by atoms with E-state index in [0.29, 0.717) is 11.5 Å². The van der Waals surface area contributed by atoms with E-state index in [4.69, 9.17) is 9.47 Å². The van der Waals surface area contributed by atoms with Crippen LogP contribution in [0.3, 0.4) is 0 Å². The van der Waals surface area contributed by atoms with Crippen molar-refractivity contribution < 1.29 is 14.6 Å². The second-order valence-electron chi connectivity index (χ2n) is 4.66. The van der Waals surface area contributed by atoms with Gasteiger partial charge in [0.25, 0.3) is 0 Å². The fourth-order valence-electron chi connectivity index (χ4n) is 2.03. The molecule has 0 fully saturated rings. The van der Waals surface area contributed by atoms with Crippen LogP contribution >= 0.6 is 15.9 Å². The summed E-state index contributed by atoms with van der Waals surface area (Å²) in [6, 6.07) is 1.98. The second kappa shape index (κ2) is 5.27. The first kappa shape index (κ1) is 14.3. The normalized spacial score (nSPS) is 11.5. The van der Waals surface area contributed by atoms with Crippen LogP contribution in [0.25, 0.3) is 0 Å². The van der Waals surface area contributed by atoms with Crippen LogP contribution < -0.4 is 9.47 Å². The second-order valence-corrected chi connectivity index (χ2v) is 5.51. The topological polar surface area (TPSA) is 38.7 Å². The van der Waals surface area contributed by atoms with E-state index in [1.54, 1.807) is 14.2 Å². The van der Waals surface area contributed by atoms with Crippen molar-refractivity contribution in [3.8, 4) is 11.5 Å². The molecule has 0 saturated carbocycles. The highest BCUT2D eigenvalue weighted by Crippen LogP contribution is 2.44. The molecular formula is C13H19BrO3. The highest BCUT2D eigenvalue weighted by Gasteiger charge is 2.29. The van der Waals surface area contributed by atoms with E-state index in [9.17, 15) is 5.11 Å².